The van der Waals surface area contributed by atoms with Crippen molar-refractivity contribution in [2.75, 3.05) is 0 Å². The molecule has 0 fully saturated rings. The van der Waals surface area contributed by atoms with Gasteiger partial charge < -0.3 is 0 Å². The largest absolute Gasteiger partial charge is 0.138 e. The van der Waals surface area contributed by atoms with Crippen LogP contribution in [0.15, 0.2) is 16.1 Å². The Bertz CT molecular complexity index is 666. The van der Waals surface area contributed by atoms with E-state index in [1.807, 2.05) is 0 Å². The number of hydrogen-bond acceptors (Lipinski definition) is 0. The number of allylic oxidation sites excluding steroid dienone is 1. The maximum absolute atomic E-state index is 3.94. The van der Waals surface area contributed by atoms with Crippen LogP contribution in [0.25, 0.3) is 0 Å². The molecule has 0 aliphatic heterocycles. The van der Waals surface area contributed by atoms with Crippen LogP contribution in [0.4, 0.5) is 0 Å². The van der Waals surface area contributed by atoms with Crippen molar-refractivity contribution in [1.82, 2.24) is 0 Å². The maximum Gasteiger partial charge on any atom is 0.138 e. The Hall–Kier alpha value is -0.269. The van der Waals surface area contributed by atoms with Gasteiger partial charge in [0.25, 0.3) is 0 Å². The second-order valence-corrected chi connectivity index (χ2v) is 28.8. The molecule has 0 unspecified atom stereocenters. The average molecular weight is 421 g/mol. The molecule has 0 rings (SSSR count). The van der Waals surface area contributed by atoms with Crippen molar-refractivity contribution in [3.63, 3.8) is 0 Å². The highest BCUT2D eigenvalue weighted by Gasteiger charge is 2.41. The zero-order valence-corrected chi connectivity index (χ0v) is 24.5. The van der Waals surface area contributed by atoms with Crippen molar-refractivity contribution < 1.29 is 0 Å². The minimum Gasteiger partial charge on any atom is -0.126 e. The van der Waals surface area contributed by atoms with Crippen LogP contribution < -0.4 is 0 Å². The van der Waals surface area contributed by atoms with Crippen molar-refractivity contribution in [1.29, 1.82) is 0 Å². The molecule has 156 valence electrons. The summed E-state index contributed by atoms with van der Waals surface area (Å²) >= 11 is 0. The van der Waals surface area contributed by atoms with Gasteiger partial charge in [-0.3, -0.25) is 0 Å². The molecule has 0 N–H and O–H groups in total. The van der Waals surface area contributed by atoms with Crippen LogP contribution in [0.5, 0.6) is 0 Å². The third-order valence-electron chi connectivity index (χ3n) is 8.00. The van der Waals surface area contributed by atoms with E-state index in [0.717, 1.165) is 0 Å². The molecule has 0 aromatic heterocycles. The van der Waals surface area contributed by atoms with Gasteiger partial charge in [-0.1, -0.05) is 108 Å². The molecular weight excluding hydrogens is 373 g/mol. The fourth-order valence-electron chi connectivity index (χ4n) is 2.03. The van der Waals surface area contributed by atoms with E-state index in [0.29, 0.717) is 5.04 Å². The number of hydrogen-bond donors (Lipinski definition) is 0. The predicted molar refractivity (Wildman–Crippen MR) is 136 cm³/mol. The Balaban J connectivity index is 6.87. The van der Waals surface area contributed by atoms with Crippen molar-refractivity contribution >= 4 is 24.2 Å². The van der Waals surface area contributed by atoms with Crippen LogP contribution in [-0.2, 0) is 0 Å². The van der Waals surface area contributed by atoms with E-state index in [9.17, 15) is 0 Å². The molecule has 0 nitrogen and oxygen atoms in total. The summed E-state index contributed by atoms with van der Waals surface area (Å²) in [6.07, 6.45) is 0. The first-order valence-electron chi connectivity index (χ1n) is 10.5. The van der Waals surface area contributed by atoms with Gasteiger partial charge in [-0.25, -0.2) is 0 Å². The van der Waals surface area contributed by atoms with Gasteiger partial charge in [0.05, 0.1) is 8.07 Å². The van der Waals surface area contributed by atoms with Gasteiger partial charge in [-0.2, -0.15) is 0 Å². The Morgan fingerprint density at radius 2 is 0.963 bits per heavy atom. The van der Waals surface area contributed by atoms with Gasteiger partial charge in [0.2, 0.25) is 0 Å². The molecule has 0 saturated carbocycles. The Morgan fingerprint density at radius 3 is 1.26 bits per heavy atom. The lowest BCUT2D eigenvalue weighted by Crippen LogP contribution is -2.41. The van der Waals surface area contributed by atoms with Crippen molar-refractivity contribution in [2.45, 2.75) is 124 Å². The minimum absolute atomic E-state index is 0.269. The van der Waals surface area contributed by atoms with E-state index in [1.165, 1.54) is 10.4 Å². The van der Waals surface area contributed by atoms with Crippen molar-refractivity contribution in [3.05, 3.63) is 16.1 Å². The molecule has 0 amide bonds. The second-order valence-electron chi connectivity index (χ2n) is 13.0. The fraction of sp³-hybridized carbons (Fsp3) is 0.792. The molecule has 27 heavy (non-hydrogen) atoms. The fourth-order valence-corrected chi connectivity index (χ4v) is 6.28. The van der Waals surface area contributed by atoms with Crippen LogP contribution in [-0.4, -0.2) is 24.2 Å². The van der Waals surface area contributed by atoms with E-state index in [2.05, 4.69) is 126 Å². The van der Waals surface area contributed by atoms with Crippen LogP contribution in [0.2, 0.25) is 54.4 Å². The molecule has 0 saturated heterocycles. The quantitative estimate of drug-likeness (QED) is 0.238. The first-order chi connectivity index (χ1) is 11.5. The van der Waals surface area contributed by atoms with Crippen LogP contribution >= 0.6 is 0 Å². The molecule has 0 atom stereocenters. The third kappa shape index (κ3) is 6.10. The van der Waals surface area contributed by atoms with Crippen LogP contribution in [0, 0.1) is 11.5 Å². The number of rotatable bonds is 2. The zero-order valence-electron chi connectivity index (χ0n) is 21.5. The van der Waals surface area contributed by atoms with Gasteiger partial charge in [-0.05, 0) is 27.2 Å². The Morgan fingerprint density at radius 1 is 0.593 bits per heavy atom. The lowest BCUT2D eigenvalue weighted by atomic mass is 10.2. The van der Waals surface area contributed by atoms with Gasteiger partial charge in [-0.15, -0.1) is 11.3 Å². The first kappa shape index (κ1) is 26.7. The highest BCUT2D eigenvalue weighted by molar-refractivity contribution is 6.90. The molecule has 0 aromatic carbocycles. The summed E-state index contributed by atoms with van der Waals surface area (Å²) in [6.45, 7) is 38.4. The Kier molecular flexibility index (Phi) is 7.79. The van der Waals surface area contributed by atoms with E-state index >= 15 is 0 Å². The van der Waals surface area contributed by atoms with Gasteiger partial charge in [0.15, 0.2) is 0 Å². The maximum atomic E-state index is 3.94. The highest BCUT2D eigenvalue weighted by atomic mass is 28.3. The van der Waals surface area contributed by atoms with Gasteiger partial charge in [0, 0.05) is 5.20 Å². The van der Waals surface area contributed by atoms with Gasteiger partial charge >= 0.3 is 0 Å². The topological polar surface area (TPSA) is 0 Å². The summed E-state index contributed by atoms with van der Waals surface area (Å²) in [4.78, 5) is 0. The third-order valence-corrected chi connectivity index (χ3v) is 23.5. The van der Waals surface area contributed by atoms with E-state index in [1.54, 1.807) is 0 Å². The zero-order chi connectivity index (χ0) is 22.3. The molecule has 0 aliphatic rings. The van der Waals surface area contributed by atoms with Gasteiger partial charge in [0.1, 0.15) is 16.1 Å². The molecule has 0 heterocycles. The summed E-state index contributed by atoms with van der Waals surface area (Å²) in [5, 5.41) is 3.69. The predicted octanol–water partition coefficient (Wildman–Crippen LogP) is 8.60. The van der Waals surface area contributed by atoms with Crippen molar-refractivity contribution in [2.24, 2.45) is 0 Å². The molecule has 0 bridgehead atoms. The molecule has 0 aromatic rings. The second kappa shape index (κ2) is 7.87. The lowest BCUT2D eigenvalue weighted by molar-refractivity contribution is 0.724. The SMILES string of the molecule is CC(=C=C(C#C[Si](C)(C)C(C)(C)C)[Si](C)(C)C(C)(C)C)[Si](C)(C)C(C)(C)C. The highest BCUT2D eigenvalue weighted by Crippen LogP contribution is 2.43. The molecule has 0 radical (unpaired) electrons. The molecule has 0 spiro atoms. The summed E-state index contributed by atoms with van der Waals surface area (Å²) in [6, 6.07) is 0. The van der Waals surface area contributed by atoms with Crippen LogP contribution in [0.3, 0.4) is 0 Å². The summed E-state index contributed by atoms with van der Waals surface area (Å²) in [5.41, 5.74) is 7.74. The molecule has 3 heteroatoms. The van der Waals surface area contributed by atoms with E-state index in [4.69, 9.17) is 0 Å². The molecule has 0 aliphatic carbocycles. The van der Waals surface area contributed by atoms with Crippen molar-refractivity contribution in [3.8, 4) is 11.5 Å². The monoisotopic (exact) mass is 420 g/mol. The van der Waals surface area contributed by atoms with Crippen LogP contribution in [0.1, 0.15) is 69.2 Å². The lowest BCUT2D eigenvalue weighted by Gasteiger charge is -2.39. The van der Waals surface area contributed by atoms with E-state index < -0.39 is 24.2 Å². The summed E-state index contributed by atoms with van der Waals surface area (Å²) in [7, 11) is -4.95. The smallest absolute Gasteiger partial charge is 0.126 e. The summed E-state index contributed by atoms with van der Waals surface area (Å²) < 4.78 is 0. The van der Waals surface area contributed by atoms with E-state index in [-0.39, 0.29) is 10.1 Å². The Labute approximate surface area is 175 Å². The standard InChI is InChI=1S/C24H48Si3/c1-20(26(13,14)23(5,6)7)19-21(27(15,16)24(8,9)10)17-18-25(11,12)22(2,3)4/h1-16H3. The normalized spacial score (nSPS) is 14.2. The minimum atomic E-state index is -1.74. The first-order valence-corrected chi connectivity index (χ1v) is 19.5. The average Bonchev–Trinajstić information content (AvgIpc) is 2.38. The summed E-state index contributed by atoms with van der Waals surface area (Å²) in [5.74, 6) is 3.75. The molecular formula is C24H48Si3.